The molecule has 0 spiro atoms. The Morgan fingerprint density at radius 2 is 1.81 bits per heavy atom. The van der Waals surface area contributed by atoms with E-state index in [1.165, 1.54) is 12.2 Å². The average molecular weight is 421 g/mol. The second-order valence-electron chi connectivity index (χ2n) is 7.05. The number of carbonyl (C=O) groups excluding carboxylic acids is 1. The second-order valence-corrected chi connectivity index (χ2v) is 7.05. The van der Waals surface area contributed by atoms with Crippen LogP contribution in [0.4, 0.5) is 5.82 Å². The van der Waals surface area contributed by atoms with Gasteiger partial charge in [-0.25, -0.2) is 5.06 Å². The normalized spacial score (nSPS) is 10.5. The largest absolute Gasteiger partial charge is 0.497 e. The third-order valence-corrected chi connectivity index (χ3v) is 4.90. The van der Waals surface area contributed by atoms with Crippen LogP contribution in [0.15, 0.2) is 73.4 Å². The van der Waals surface area contributed by atoms with Gasteiger partial charge in [0.25, 0.3) is 5.91 Å². The molecule has 3 aromatic rings. The molecule has 162 valence electrons. The van der Waals surface area contributed by atoms with Crippen LogP contribution < -0.4 is 9.64 Å². The molecule has 0 aliphatic heterocycles. The zero-order valence-corrected chi connectivity index (χ0v) is 18.2. The Kier molecular flexibility index (Phi) is 7.45. The molecule has 2 aromatic carbocycles. The fourth-order valence-electron chi connectivity index (χ4n) is 3.23. The van der Waals surface area contributed by atoms with E-state index in [2.05, 4.69) is 6.58 Å². The molecule has 0 aliphatic carbocycles. The molecule has 0 N–H and O–H groups in total. The minimum atomic E-state index is -0.263. The molecule has 0 aliphatic rings. The number of ether oxygens (including phenoxy) is 1. The van der Waals surface area contributed by atoms with Crippen molar-refractivity contribution in [2.24, 2.45) is 0 Å². The van der Waals surface area contributed by atoms with E-state index >= 15 is 0 Å². The molecule has 31 heavy (non-hydrogen) atoms. The number of rotatable bonds is 10. The SMILES string of the molecule is C=CCN(Cc1ccccc1)c1nn(Cc2ccc(OC)cc2)cc1C(=O)N(C)OC. The molecule has 1 heterocycles. The number of aromatic nitrogens is 2. The maximum Gasteiger partial charge on any atom is 0.282 e. The van der Waals surface area contributed by atoms with Crippen LogP contribution in [0.2, 0.25) is 0 Å². The van der Waals surface area contributed by atoms with Gasteiger partial charge in [-0.2, -0.15) is 5.10 Å². The van der Waals surface area contributed by atoms with E-state index < -0.39 is 0 Å². The van der Waals surface area contributed by atoms with Crippen LogP contribution in [0.5, 0.6) is 5.75 Å². The van der Waals surface area contributed by atoms with Gasteiger partial charge in [-0.05, 0) is 23.3 Å². The van der Waals surface area contributed by atoms with Gasteiger partial charge in [0, 0.05) is 26.3 Å². The summed E-state index contributed by atoms with van der Waals surface area (Å²) in [6.07, 6.45) is 3.57. The second kappa shape index (κ2) is 10.4. The molecule has 0 fully saturated rings. The van der Waals surface area contributed by atoms with E-state index in [9.17, 15) is 4.79 Å². The van der Waals surface area contributed by atoms with Crippen molar-refractivity contribution in [3.05, 3.63) is 90.1 Å². The molecule has 0 radical (unpaired) electrons. The number of nitrogens with zero attached hydrogens (tertiary/aromatic N) is 4. The number of hydrogen-bond acceptors (Lipinski definition) is 5. The highest BCUT2D eigenvalue weighted by molar-refractivity contribution is 5.98. The number of amides is 1. The predicted octanol–water partition coefficient (Wildman–Crippen LogP) is 3.77. The van der Waals surface area contributed by atoms with Gasteiger partial charge < -0.3 is 9.64 Å². The Hall–Kier alpha value is -3.58. The van der Waals surface area contributed by atoms with Crippen molar-refractivity contribution in [3.63, 3.8) is 0 Å². The smallest absolute Gasteiger partial charge is 0.282 e. The molecule has 7 heteroatoms. The van der Waals surface area contributed by atoms with E-state index in [0.29, 0.717) is 31.0 Å². The van der Waals surface area contributed by atoms with Crippen molar-refractivity contribution >= 4 is 11.7 Å². The van der Waals surface area contributed by atoms with Crippen molar-refractivity contribution in [2.45, 2.75) is 13.1 Å². The van der Waals surface area contributed by atoms with Crippen molar-refractivity contribution in [2.75, 3.05) is 32.7 Å². The van der Waals surface area contributed by atoms with Gasteiger partial charge in [-0.3, -0.25) is 14.3 Å². The lowest BCUT2D eigenvalue weighted by Gasteiger charge is -2.23. The Morgan fingerprint density at radius 1 is 1.10 bits per heavy atom. The van der Waals surface area contributed by atoms with E-state index in [1.54, 1.807) is 31.1 Å². The van der Waals surface area contributed by atoms with Crippen LogP contribution in [-0.2, 0) is 17.9 Å². The fourth-order valence-corrected chi connectivity index (χ4v) is 3.23. The van der Waals surface area contributed by atoms with Crippen LogP contribution >= 0.6 is 0 Å². The fraction of sp³-hybridized carbons (Fsp3) is 0.250. The summed E-state index contributed by atoms with van der Waals surface area (Å²) >= 11 is 0. The summed E-state index contributed by atoms with van der Waals surface area (Å²) in [4.78, 5) is 20.1. The molecule has 1 amide bonds. The molecule has 0 bridgehead atoms. The summed E-state index contributed by atoms with van der Waals surface area (Å²) in [6, 6.07) is 17.8. The molecule has 0 saturated heterocycles. The predicted molar refractivity (Wildman–Crippen MR) is 121 cm³/mol. The first kappa shape index (κ1) is 22.1. The lowest BCUT2D eigenvalue weighted by molar-refractivity contribution is -0.0756. The van der Waals surface area contributed by atoms with Crippen LogP contribution in [0, 0.1) is 0 Å². The van der Waals surface area contributed by atoms with Crippen LogP contribution in [0.25, 0.3) is 0 Å². The Balaban J connectivity index is 1.96. The topological polar surface area (TPSA) is 59.8 Å². The molecule has 0 atom stereocenters. The molecule has 7 nitrogen and oxygen atoms in total. The third kappa shape index (κ3) is 5.52. The first-order valence-corrected chi connectivity index (χ1v) is 9.98. The molecule has 0 saturated carbocycles. The Labute approximate surface area is 183 Å². The van der Waals surface area contributed by atoms with E-state index in [4.69, 9.17) is 14.7 Å². The van der Waals surface area contributed by atoms with Crippen LogP contribution in [0.1, 0.15) is 21.5 Å². The number of hydrogen-bond donors (Lipinski definition) is 0. The summed E-state index contributed by atoms with van der Waals surface area (Å²) in [6.45, 7) is 5.55. The van der Waals surface area contributed by atoms with Crippen molar-refractivity contribution in [3.8, 4) is 5.75 Å². The minimum absolute atomic E-state index is 0.263. The van der Waals surface area contributed by atoms with Gasteiger partial charge in [-0.1, -0.05) is 48.5 Å². The zero-order chi connectivity index (χ0) is 22.2. The van der Waals surface area contributed by atoms with Gasteiger partial charge in [0.2, 0.25) is 0 Å². The zero-order valence-electron chi connectivity index (χ0n) is 18.2. The molecular weight excluding hydrogens is 392 g/mol. The van der Waals surface area contributed by atoms with Crippen molar-refractivity contribution in [1.82, 2.24) is 14.8 Å². The van der Waals surface area contributed by atoms with Gasteiger partial charge in [0.1, 0.15) is 11.3 Å². The van der Waals surface area contributed by atoms with Crippen molar-refractivity contribution in [1.29, 1.82) is 0 Å². The number of carbonyl (C=O) groups is 1. The average Bonchev–Trinajstić information content (AvgIpc) is 3.22. The summed E-state index contributed by atoms with van der Waals surface area (Å²) in [5.74, 6) is 1.12. The lowest BCUT2D eigenvalue weighted by Crippen LogP contribution is -2.29. The maximum atomic E-state index is 13.0. The summed E-state index contributed by atoms with van der Waals surface area (Å²) in [5, 5.41) is 5.96. The summed E-state index contributed by atoms with van der Waals surface area (Å²) in [5.41, 5.74) is 2.63. The highest BCUT2D eigenvalue weighted by atomic mass is 16.7. The quantitative estimate of drug-likeness (QED) is 0.369. The third-order valence-electron chi connectivity index (χ3n) is 4.90. The Morgan fingerprint density at radius 3 is 2.42 bits per heavy atom. The lowest BCUT2D eigenvalue weighted by atomic mass is 10.2. The summed E-state index contributed by atoms with van der Waals surface area (Å²) in [7, 11) is 4.69. The Bertz CT molecular complexity index is 999. The highest BCUT2D eigenvalue weighted by Gasteiger charge is 2.24. The van der Waals surface area contributed by atoms with E-state index in [0.717, 1.165) is 16.9 Å². The highest BCUT2D eigenvalue weighted by Crippen LogP contribution is 2.23. The first-order chi connectivity index (χ1) is 15.0. The van der Waals surface area contributed by atoms with E-state index in [-0.39, 0.29) is 5.91 Å². The number of anilines is 1. The number of hydroxylamine groups is 2. The molecule has 0 unspecified atom stereocenters. The maximum absolute atomic E-state index is 13.0. The van der Waals surface area contributed by atoms with Gasteiger partial charge in [-0.15, -0.1) is 6.58 Å². The van der Waals surface area contributed by atoms with Crippen LogP contribution in [-0.4, -0.2) is 48.6 Å². The molecular formula is C24H28N4O3. The van der Waals surface area contributed by atoms with E-state index in [1.807, 2.05) is 59.5 Å². The van der Waals surface area contributed by atoms with Gasteiger partial charge in [0.05, 0.1) is 20.8 Å². The standard InChI is InChI=1S/C24H28N4O3/c1-5-15-27(16-19-9-7-6-8-10-19)23-22(24(29)26(2)31-4)18-28(25-23)17-20-11-13-21(30-3)14-12-20/h5-14,18H,1,15-17H2,2-4H3. The molecule has 1 aromatic heterocycles. The van der Waals surface area contributed by atoms with Crippen LogP contribution in [0.3, 0.4) is 0 Å². The number of benzene rings is 2. The van der Waals surface area contributed by atoms with Crippen molar-refractivity contribution < 1.29 is 14.4 Å². The molecule has 3 rings (SSSR count). The van der Waals surface area contributed by atoms with Gasteiger partial charge in [0.15, 0.2) is 5.82 Å². The number of methoxy groups -OCH3 is 1. The first-order valence-electron chi connectivity index (χ1n) is 9.98. The monoisotopic (exact) mass is 420 g/mol. The summed E-state index contributed by atoms with van der Waals surface area (Å²) < 4.78 is 7.00. The van der Waals surface area contributed by atoms with Gasteiger partial charge >= 0.3 is 0 Å². The minimum Gasteiger partial charge on any atom is -0.497 e.